The highest BCUT2D eigenvalue weighted by Crippen LogP contribution is 1.84. The molecule has 0 aliphatic carbocycles. The molecule has 0 aromatic rings. The second-order valence-corrected chi connectivity index (χ2v) is 2.16. The average Bonchev–Trinajstić information content (AvgIpc) is 1.89. The van der Waals surface area contributed by atoms with E-state index in [1.54, 1.807) is 0 Å². The molecule has 4 heteroatoms. The lowest BCUT2D eigenvalue weighted by Crippen LogP contribution is -2.30. The van der Waals surface area contributed by atoms with Crippen molar-refractivity contribution in [2.45, 2.75) is 12.5 Å². The van der Waals surface area contributed by atoms with Gasteiger partial charge >= 0.3 is 0 Å². The van der Waals surface area contributed by atoms with Crippen LogP contribution >= 0.6 is 0 Å². The van der Waals surface area contributed by atoms with Crippen molar-refractivity contribution >= 4 is 0 Å². The van der Waals surface area contributed by atoms with Crippen LogP contribution < -0.4 is 11.1 Å². The van der Waals surface area contributed by atoms with E-state index in [9.17, 15) is 0 Å². The maximum atomic E-state index is 9.05. The number of rotatable bonds is 6. The van der Waals surface area contributed by atoms with Crippen molar-refractivity contribution < 1.29 is 10.2 Å². The number of nitrogens with one attached hydrogen (secondary N) is 1. The van der Waals surface area contributed by atoms with E-state index < -0.39 is 0 Å². The van der Waals surface area contributed by atoms with E-state index in [2.05, 4.69) is 5.32 Å². The zero-order chi connectivity index (χ0) is 7.82. The van der Waals surface area contributed by atoms with Gasteiger partial charge in [-0.15, -0.1) is 0 Å². The zero-order valence-electron chi connectivity index (χ0n) is 6.08. The van der Waals surface area contributed by atoms with Crippen molar-refractivity contribution in [1.29, 1.82) is 0 Å². The molecule has 0 radical (unpaired) electrons. The molecule has 0 aliphatic rings. The predicted molar refractivity (Wildman–Crippen MR) is 39.6 cm³/mol. The van der Waals surface area contributed by atoms with E-state index in [0.717, 1.165) is 0 Å². The first kappa shape index (κ1) is 9.84. The first-order chi connectivity index (χ1) is 4.81. The molecule has 0 rings (SSSR count). The molecule has 5 N–H and O–H groups in total. The van der Waals surface area contributed by atoms with Crippen LogP contribution in [0.4, 0.5) is 0 Å². The van der Waals surface area contributed by atoms with Crippen molar-refractivity contribution in [3.63, 3.8) is 0 Å². The maximum Gasteiger partial charge on any atom is 0.0676 e. The molecule has 0 amide bonds. The number of hydrogen-bond acceptors (Lipinski definition) is 4. The van der Waals surface area contributed by atoms with Gasteiger partial charge in [0.1, 0.15) is 0 Å². The zero-order valence-corrected chi connectivity index (χ0v) is 6.08. The van der Waals surface area contributed by atoms with E-state index in [0.29, 0.717) is 26.1 Å². The van der Waals surface area contributed by atoms with Crippen molar-refractivity contribution in [2.75, 3.05) is 26.2 Å². The van der Waals surface area contributed by atoms with Crippen molar-refractivity contribution in [3.05, 3.63) is 0 Å². The van der Waals surface area contributed by atoms with E-state index in [-0.39, 0.29) is 12.7 Å². The van der Waals surface area contributed by atoms with Gasteiger partial charge in [0, 0.05) is 13.1 Å². The van der Waals surface area contributed by atoms with Crippen LogP contribution in [0.15, 0.2) is 0 Å². The second-order valence-electron chi connectivity index (χ2n) is 2.16. The Labute approximate surface area is 61.0 Å². The third kappa shape index (κ3) is 5.97. The maximum absolute atomic E-state index is 9.05. The third-order valence-corrected chi connectivity index (χ3v) is 1.17. The third-order valence-electron chi connectivity index (χ3n) is 1.17. The smallest absolute Gasteiger partial charge is 0.0676 e. The highest BCUT2D eigenvalue weighted by atomic mass is 16.3. The molecular weight excluding hydrogens is 132 g/mol. The summed E-state index contributed by atoms with van der Waals surface area (Å²) < 4.78 is 0. The molecule has 0 saturated heterocycles. The normalized spacial score (nSPS) is 13.5. The lowest BCUT2D eigenvalue weighted by atomic mass is 10.2. The van der Waals surface area contributed by atoms with Gasteiger partial charge in [-0.05, 0) is 13.0 Å². The van der Waals surface area contributed by atoms with Crippen LogP contribution in [0.25, 0.3) is 0 Å². The SMILES string of the molecule is NCCC(O)CNCCO. The van der Waals surface area contributed by atoms with Crippen LogP contribution in [-0.4, -0.2) is 42.6 Å². The Morgan fingerprint density at radius 1 is 1.50 bits per heavy atom. The lowest BCUT2D eigenvalue weighted by Gasteiger charge is -2.08. The Balaban J connectivity index is 2.97. The topological polar surface area (TPSA) is 78.5 Å². The van der Waals surface area contributed by atoms with Crippen LogP contribution in [0.3, 0.4) is 0 Å². The molecule has 0 fully saturated rings. The molecular formula is C6H16N2O2. The van der Waals surface area contributed by atoms with E-state index >= 15 is 0 Å². The lowest BCUT2D eigenvalue weighted by molar-refractivity contribution is 0.161. The summed E-state index contributed by atoms with van der Waals surface area (Å²) in [6.07, 6.45) is 0.231. The van der Waals surface area contributed by atoms with Gasteiger partial charge < -0.3 is 21.3 Å². The van der Waals surface area contributed by atoms with Crippen LogP contribution in [0.5, 0.6) is 0 Å². The summed E-state index contributed by atoms with van der Waals surface area (Å²) >= 11 is 0. The van der Waals surface area contributed by atoms with Gasteiger partial charge in [0.05, 0.1) is 12.7 Å². The summed E-state index contributed by atoms with van der Waals surface area (Å²) in [6.45, 7) is 1.65. The summed E-state index contributed by atoms with van der Waals surface area (Å²) in [5.74, 6) is 0. The molecule has 1 atom stereocenters. The molecule has 0 heterocycles. The largest absolute Gasteiger partial charge is 0.395 e. The summed E-state index contributed by atoms with van der Waals surface area (Å²) in [5, 5.41) is 20.3. The minimum atomic E-state index is -0.378. The van der Waals surface area contributed by atoms with Crippen LogP contribution in [0.2, 0.25) is 0 Å². The number of aliphatic hydroxyl groups excluding tert-OH is 2. The molecule has 1 unspecified atom stereocenters. The predicted octanol–water partition coefficient (Wildman–Crippen LogP) is -1.72. The minimum absolute atomic E-state index is 0.106. The summed E-state index contributed by atoms with van der Waals surface area (Å²) in [5.41, 5.74) is 5.20. The molecule has 4 nitrogen and oxygen atoms in total. The van der Waals surface area contributed by atoms with Gasteiger partial charge in [-0.1, -0.05) is 0 Å². The minimum Gasteiger partial charge on any atom is -0.395 e. The fourth-order valence-corrected chi connectivity index (χ4v) is 0.642. The molecule has 0 aliphatic heterocycles. The average molecular weight is 148 g/mol. The van der Waals surface area contributed by atoms with E-state index in [4.69, 9.17) is 15.9 Å². The highest BCUT2D eigenvalue weighted by molar-refractivity contribution is 4.58. The first-order valence-corrected chi connectivity index (χ1v) is 3.51. The number of hydrogen-bond donors (Lipinski definition) is 4. The summed E-state index contributed by atoms with van der Waals surface area (Å²) in [4.78, 5) is 0. The molecule has 0 bridgehead atoms. The fraction of sp³-hybridized carbons (Fsp3) is 1.00. The Morgan fingerprint density at radius 3 is 2.70 bits per heavy atom. The van der Waals surface area contributed by atoms with E-state index in [1.807, 2.05) is 0 Å². The molecule has 0 saturated carbocycles. The second kappa shape index (κ2) is 6.95. The highest BCUT2D eigenvalue weighted by Gasteiger charge is 1.99. The van der Waals surface area contributed by atoms with Gasteiger partial charge in [0.15, 0.2) is 0 Å². The van der Waals surface area contributed by atoms with Crippen LogP contribution in [0.1, 0.15) is 6.42 Å². The Kier molecular flexibility index (Phi) is 6.84. The van der Waals surface area contributed by atoms with Gasteiger partial charge in [0.25, 0.3) is 0 Å². The standard InChI is InChI=1S/C6H16N2O2/c7-2-1-6(10)5-8-3-4-9/h6,8-10H,1-5,7H2. The Morgan fingerprint density at radius 2 is 2.20 bits per heavy atom. The number of aliphatic hydroxyl groups is 2. The van der Waals surface area contributed by atoms with Crippen LogP contribution in [0, 0.1) is 0 Å². The fourth-order valence-electron chi connectivity index (χ4n) is 0.642. The molecule has 0 spiro atoms. The quantitative estimate of drug-likeness (QED) is 0.338. The van der Waals surface area contributed by atoms with Gasteiger partial charge in [-0.2, -0.15) is 0 Å². The van der Waals surface area contributed by atoms with Crippen molar-refractivity contribution in [2.24, 2.45) is 5.73 Å². The van der Waals surface area contributed by atoms with Gasteiger partial charge in [-0.3, -0.25) is 0 Å². The van der Waals surface area contributed by atoms with Crippen LogP contribution in [-0.2, 0) is 0 Å². The molecule has 62 valence electrons. The van der Waals surface area contributed by atoms with Gasteiger partial charge in [0.2, 0.25) is 0 Å². The van der Waals surface area contributed by atoms with Crippen molar-refractivity contribution in [3.8, 4) is 0 Å². The Bertz CT molecular complexity index is 70.8. The molecule has 10 heavy (non-hydrogen) atoms. The molecule has 0 aromatic carbocycles. The summed E-state index contributed by atoms with van der Waals surface area (Å²) in [7, 11) is 0. The Hall–Kier alpha value is -0.160. The monoisotopic (exact) mass is 148 g/mol. The summed E-state index contributed by atoms with van der Waals surface area (Å²) in [6, 6.07) is 0. The molecule has 0 aromatic heterocycles. The van der Waals surface area contributed by atoms with Gasteiger partial charge in [-0.25, -0.2) is 0 Å². The number of nitrogens with two attached hydrogens (primary N) is 1. The first-order valence-electron chi connectivity index (χ1n) is 3.51. The van der Waals surface area contributed by atoms with E-state index in [1.165, 1.54) is 0 Å². The van der Waals surface area contributed by atoms with Crippen molar-refractivity contribution in [1.82, 2.24) is 5.32 Å².